The summed E-state index contributed by atoms with van der Waals surface area (Å²) in [4.78, 5) is 168. The van der Waals surface area contributed by atoms with E-state index in [-0.39, 0.29) is 109 Å². The molecule has 13 rings (SSSR count). The van der Waals surface area contributed by atoms with Crippen LogP contribution in [0.2, 0.25) is 0 Å². The van der Waals surface area contributed by atoms with Crippen LogP contribution in [0.4, 0.5) is 10.5 Å². The van der Waals surface area contributed by atoms with E-state index in [2.05, 4.69) is 88.8 Å². The predicted octanol–water partition coefficient (Wildman–Crippen LogP) is 6.00. The number of aliphatic hydroxyl groups excluding tert-OH is 4. The number of unbranched alkanes of at least 4 members (excludes halogenated alkanes) is 6. The largest absolute Gasteiger partial charge is 0.496 e. The minimum absolute atomic E-state index is 0.0675. The van der Waals surface area contributed by atoms with Crippen LogP contribution in [0.3, 0.4) is 0 Å². The van der Waals surface area contributed by atoms with E-state index in [4.69, 9.17) is 38.1 Å². The number of Topliss-reactive ketones (excluding diaryl/α,β-unsaturated/α-hetero) is 3. The number of hydrogen-bond acceptors (Lipinski definition) is 30. The second-order valence-corrected chi connectivity index (χ2v) is 37.3. The molecular weight excluding hydrogens is 1680 g/mol. The quantitative estimate of drug-likeness (QED) is 0.00907. The lowest BCUT2D eigenvalue weighted by Crippen LogP contribution is -2.81. The Labute approximate surface area is 744 Å². The van der Waals surface area contributed by atoms with Crippen LogP contribution in [-0.2, 0) is 87.5 Å². The predicted molar refractivity (Wildman–Crippen MR) is 467 cm³/mol. The molecule has 3 saturated heterocycles. The van der Waals surface area contributed by atoms with Gasteiger partial charge in [0.25, 0.3) is 5.56 Å². The zero-order valence-electron chi connectivity index (χ0n) is 72.8. The fourth-order valence-electron chi connectivity index (χ4n) is 20.6. The molecule has 6 aliphatic heterocycles. The summed E-state index contributed by atoms with van der Waals surface area (Å²) in [6, 6.07) is 17.2. The number of aliphatic hydroxyl groups is 6. The zero-order chi connectivity index (χ0) is 91.5. The van der Waals surface area contributed by atoms with Crippen molar-refractivity contribution in [3.63, 3.8) is 0 Å². The van der Waals surface area contributed by atoms with Crippen molar-refractivity contribution in [2.24, 2.45) is 17.3 Å². The molecular formula is C91H119N11O23S2. The first-order chi connectivity index (χ1) is 60.9. The van der Waals surface area contributed by atoms with Gasteiger partial charge in [-0.25, -0.2) is 19.7 Å². The molecule has 3 aromatic heterocycles. The SMILES string of the molecule is CC[C@]1(O)CC2CN(CCc3c([nH]c4ccccc34)[C@@](C)(c3cc4c(cc3OC)N(C)[C@H]3[C@@](O)(C(=O)CNC(=O)OCCSSC[C@@H](CC(=O)[C@H](CNC(=O)CCCCCCCCOC5C[C@@H](O)C(O)C(CO)O5)NC(=O)CCCCC(=O)c5ccc(CCc6cnc7nc(C)[nH]c(=O)c7n6)cc5)C(=O)O)[C@H](O)[C@]5(CC)C=CCN6CC[C@]43[C@@H]65)C2)C1.O=C=O.O=C=O. The summed E-state index contributed by atoms with van der Waals surface area (Å²) in [5.74, 6) is -3.69. The Balaban J connectivity index is 0.00000253. The summed E-state index contributed by atoms with van der Waals surface area (Å²) in [7, 11) is 5.84. The number of hydrogen-bond donors (Lipinski definition) is 12. The summed E-state index contributed by atoms with van der Waals surface area (Å²) >= 11 is 0. The average Bonchev–Trinajstić information content (AvgIpc) is 1.49. The summed E-state index contributed by atoms with van der Waals surface area (Å²) in [5, 5.41) is 88.2. The number of nitrogens with one attached hydrogen (secondary N) is 5. The van der Waals surface area contributed by atoms with Crippen molar-refractivity contribution < 1.29 is 107 Å². The average molecular weight is 1800 g/mol. The Morgan fingerprint density at radius 1 is 0.819 bits per heavy atom. The summed E-state index contributed by atoms with van der Waals surface area (Å²) in [6.45, 7) is 10.2. The fraction of sp³-hybridized carbons (Fsp3) is 0.593. The Kier molecular flexibility index (Phi) is 34.2. The molecule has 3 amide bonds. The first-order valence-electron chi connectivity index (χ1n) is 43.8. The minimum Gasteiger partial charge on any atom is -0.496 e. The number of anilines is 1. The Hall–Kier alpha value is -9.49. The molecule has 36 heteroatoms. The Morgan fingerprint density at radius 2 is 1.54 bits per heavy atom. The number of likely N-dealkylation sites (N-methyl/N-ethyl adjacent to an activating group) is 1. The molecule has 12 N–H and O–H groups in total. The van der Waals surface area contributed by atoms with E-state index >= 15 is 4.79 Å². The number of H-pyrrole nitrogens is 2. The van der Waals surface area contributed by atoms with Crippen molar-refractivity contribution in [3.8, 4) is 5.75 Å². The molecule has 127 heavy (non-hydrogen) atoms. The molecule has 1 spiro atoms. The molecule has 2 bridgehead atoms. The van der Waals surface area contributed by atoms with Crippen LogP contribution < -0.4 is 31.1 Å². The molecule has 1 saturated carbocycles. The summed E-state index contributed by atoms with van der Waals surface area (Å²) in [5.41, 5.74) is 2.03. The number of carboxylic acids is 1. The van der Waals surface area contributed by atoms with Gasteiger partial charge in [-0.3, -0.25) is 43.4 Å². The molecule has 7 aliphatic rings. The highest BCUT2D eigenvalue weighted by molar-refractivity contribution is 8.76. The van der Waals surface area contributed by atoms with Crippen molar-refractivity contribution >= 4 is 103 Å². The van der Waals surface area contributed by atoms with Gasteiger partial charge in [0.2, 0.25) is 11.8 Å². The highest BCUT2D eigenvalue weighted by Crippen LogP contribution is 2.68. The van der Waals surface area contributed by atoms with E-state index in [1.54, 1.807) is 32.4 Å². The molecule has 3 aromatic carbocycles. The van der Waals surface area contributed by atoms with Crippen molar-refractivity contribution in [1.29, 1.82) is 0 Å². The van der Waals surface area contributed by atoms with E-state index in [1.165, 1.54) is 16.4 Å². The second-order valence-electron chi connectivity index (χ2n) is 34.7. The number of amides is 3. The third-order valence-corrected chi connectivity index (χ3v) is 29.1. The van der Waals surface area contributed by atoms with Crippen molar-refractivity contribution in [2.45, 2.75) is 233 Å². The number of nitrogens with zero attached hydrogens (tertiary/aromatic N) is 6. The third-order valence-electron chi connectivity index (χ3n) is 26.7. The van der Waals surface area contributed by atoms with Crippen LogP contribution >= 0.6 is 21.6 Å². The number of piperidine rings is 1. The number of carboxylic acid groups (broad SMARTS) is 1. The molecule has 4 fully saturated rings. The van der Waals surface area contributed by atoms with Crippen molar-refractivity contribution in [1.82, 2.24) is 50.7 Å². The highest BCUT2D eigenvalue weighted by atomic mass is 33.1. The van der Waals surface area contributed by atoms with Crippen LogP contribution in [-0.4, -0.2) is 275 Å². The number of alkyl carbamates (subject to hydrolysis) is 1. The molecule has 34 nitrogen and oxygen atoms in total. The van der Waals surface area contributed by atoms with Gasteiger partial charge in [-0.05, 0) is 132 Å². The first-order valence-corrected chi connectivity index (χ1v) is 46.3. The third kappa shape index (κ3) is 22.2. The minimum atomic E-state index is -2.46. The van der Waals surface area contributed by atoms with E-state index in [1.807, 2.05) is 55.3 Å². The molecule has 9 heterocycles. The number of aryl methyl sites for hydroxylation is 3. The Bertz CT molecular complexity index is 5030. The molecule has 688 valence electrons. The summed E-state index contributed by atoms with van der Waals surface area (Å²) < 4.78 is 23.3. The number of aromatic nitrogens is 5. The number of aliphatic carboxylic acids is 1. The van der Waals surface area contributed by atoms with E-state index < -0.39 is 125 Å². The van der Waals surface area contributed by atoms with Gasteiger partial charge in [-0.1, -0.05) is 116 Å². The topological polar surface area (TPSA) is 499 Å². The smallest absolute Gasteiger partial charge is 0.407 e. The lowest BCUT2D eigenvalue weighted by atomic mass is 9.47. The van der Waals surface area contributed by atoms with Gasteiger partial charge < -0.3 is 85.5 Å². The van der Waals surface area contributed by atoms with Gasteiger partial charge in [0.1, 0.15) is 42.5 Å². The van der Waals surface area contributed by atoms with Gasteiger partial charge in [0.05, 0.1) is 55.8 Å². The number of fused-ring (bicyclic) bond motifs is 7. The van der Waals surface area contributed by atoms with Crippen LogP contribution in [0.15, 0.2) is 83.8 Å². The number of aromatic amines is 2. The molecule has 1 aliphatic carbocycles. The molecule has 6 aromatic rings. The van der Waals surface area contributed by atoms with E-state index in [9.17, 15) is 69.3 Å². The zero-order valence-corrected chi connectivity index (χ0v) is 74.4. The highest BCUT2D eigenvalue weighted by Gasteiger charge is 2.78. The fourth-order valence-corrected chi connectivity index (χ4v) is 22.7. The van der Waals surface area contributed by atoms with Gasteiger partial charge in [0.15, 0.2) is 40.4 Å². The van der Waals surface area contributed by atoms with E-state index in [0.29, 0.717) is 113 Å². The number of ketones is 3. The first kappa shape index (κ1) is 98.1. The number of carbonyl (C=O) groups excluding carboxylic acids is 10. The molecule has 0 radical (unpaired) electrons. The van der Waals surface area contributed by atoms with Gasteiger partial charge >= 0.3 is 24.4 Å². The maximum atomic E-state index is 15.4. The van der Waals surface area contributed by atoms with Crippen LogP contribution in [0, 0.1) is 24.2 Å². The van der Waals surface area contributed by atoms with Crippen LogP contribution in [0.25, 0.3) is 22.1 Å². The number of benzene rings is 3. The summed E-state index contributed by atoms with van der Waals surface area (Å²) in [6.07, 6.45) is 9.17. The van der Waals surface area contributed by atoms with Gasteiger partial charge in [-0.15, -0.1) is 0 Å². The normalized spacial score (nSPS) is 26.6. The number of para-hydroxylation sites is 1. The number of ether oxygens (including phenoxy) is 4. The molecule has 5 unspecified atom stereocenters. The maximum Gasteiger partial charge on any atom is 0.407 e. The standard InChI is InChI=1S/C89H119N11O19S2.2CO2/c1-7-86(114)45-55-44-85(4,77-60(31-35-99(49-55)52-86)59-20-14-15-21-63(59)97-77)62-41-61-65(42-69(62)116-6)98(5)82-88(61)33-36-100-34-19-32-87(8-2,81(88)100)83(112)89(82,115)71(105)48-92-84(113)118-38-39-120-121-51-57(80(110)111)40-67(103)64(47-90-72(106)23-13-11-9-10-12-18-37-117-74-43-68(104)76(108)70(50-101)119-74)96-73(107)24-17-16-22-66(102)56-28-25-54(26-29-56)27-30-58-46-91-78-75(95-58)79(109)94-53(3)93-78;2*2-1-3/h14-15,19-21,25-26,28-29,32,41-42,46,55,57,64,68,70,74,76,81-83,97,101,104,108,112,114-115H,7-13,16-18,22-24,27,30-31,33-40,43-45,47-52H2,1-6H3,(H,90,106)(H,92,113)(H,96,107)(H,110,111)(H,91,93,94,109);;/t55?,57-,64+,68-,70?,74?,76?,81+,82-,83-,85-,86+,87-,88-,89+;;/m1../s1. The van der Waals surface area contributed by atoms with Crippen molar-refractivity contribution in [3.05, 3.63) is 134 Å². The van der Waals surface area contributed by atoms with Crippen molar-refractivity contribution in [2.75, 3.05) is 96.2 Å². The second kappa shape index (κ2) is 44.2. The van der Waals surface area contributed by atoms with Crippen LogP contribution in [0.1, 0.15) is 186 Å². The lowest BCUT2D eigenvalue weighted by molar-refractivity contribution is -0.256. The van der Waals surface area contributed by atoms with Crippen LogP contribution in [0.5, 0.6) is 5.75 Å². The maximum absolute atomic E-state index is 15.4. The van der Waals surface area contributed by atoms with E-state index in [0.717, 1.165) is 95.0 Å². The molecule has 16 atom stereocenters. The lowest BCUT2D eigenvalue weighted by Gasteiger charge is -2.63. The number of rotatable bonds is 40. The monoisotopic (exact) mass is 1800 g/mol. The Morgan fingerprint density at radius 3 is 2.26 bits per heavy atom. The number of carbonyl (C=O) groups is 7. The number of methoxy groups -OCH3 is 1. The van der Waals surface area contributed by atoms with Gasteiger partial charge in [0, 0.05) is 152 Å². The van der Waals surface area contributed by atoms with Gasteiger partial charge in [-0.2, -0.15) is 19.2 Å².